The molecule has 0 aromatic carbocycles. The van der Waals surface area contributed by atoms with Gasteiger partial charge in [-0.25, -0.2) is 4.98 Å². The minimum atomic E-state index is 0.453. The Bertz CT molecular complexity index is 685. The van der Waals surface area contributed by atoms with Gasteiger partial charge in [-0.2, -0.15) is 4.98 Å². The zero-order chi connectivity index (χ0) is 20.7. The zero-order valence-corrected chi connectivity index (χ0v) is 17.9. The molecule has 9 heteroatoms. The van der Waals surface area contributed by atoms with Crippen LogP contribution in [0.4, 0.5) is 5.82 Å². The number of methoxy groups -OCH3 is 2. The number of rotatable bonds is 3. The molecule has 0 saturated carbocycles. The number of ether oxygens (including phenoxy) is 2. The Hall–Kier alpha value is -2.13. The second-order valence-electron chi connectivity index (χ2n) is 6.28. The van der Waals surface area contributed by atoms with Crippen LogP contribution in [0.15, 0.2) is 36.4 Å². The molecule has 0 bridgehead atoms. The lowest BCUT2D eigenvalue weighted by Crippen LogP contribution is -2.43. The molecule has 2 saturated heterocycles. The average molecular weight is 423 g/mol. The predicted molar refractivity (Wildman–Crippen MR) is 117 cm³/mol. The molecule has 2 aromatic heterocycles. The molecular weight excluding hydrogens is 392 g/mol. The second-order valence-corrected chi connectivity index (χ2v) is 6.67. The monoisotopic (exact) mass is 422 g/mol. The van der Waals surface area contributed by atoms with Gasteiger partial charge in [0.2, 0.25) is 11.8 Å². The van der Waals surface area contributed by atoms with Gasteiger partial charge in [0.15, 0.2) is 0 Å². The summed E-state index contributed by atoms with van der Waals surface area (Å²) in [6.07, 6.45) is 0. The van der Waals surface area contributed by atoms with Crippen LogP contribution in [-0.4, -0.2) is 76.5 Å². The number of aromatic nitrogens is 2. The molecular formula is C20H31ClN6O2. The molecule has 8 nitrogen and oxygen atoms in total. The van der Waals surface area contributed by atoms with Crippen molar-refractivity contribution in [3.05, 3.63) is 41.6 Å². The van der Waals surface area contributed by atoms with Crippen LogP contribution in [-0.2, 0) is 0 Å². The first-order valence-corrected chi connectivity index (χ1v) is 10.2. The molecule has 160 valence electrons. The van der Waals surface area contributed by atoms with Crippen molar-refractivity contribution >= 4 is 17.4 Å². The molecule has 0 atom stereocenters. The van der Waals surface area contributed by atoms with E-state index in [4.69, 9.17) is 21.1 Å². The highest BCUT2D eigenvalue weighted by atomic mass is 35.5. The van der Waals surface area contributed by atoms with Gasteiger partial charge in [-0.15, -0.1) is 0 Å². The third-order valence-electron chi connectivity index (χ3n) is 4.21. The van der Waals surface area contributed by atoms with Gasteiger partial charge < -0.3 is 30.3 Å². The highest BCUT2D eigenvalue weighted by molar-refractivity contribution is 6.29. The third kappa shape index (κ3) is 9.27. The predicted octanol–water partition coefficient (Wildman–Crippen LogP) is 1.42. The van der Waals surface area contributed by atoms with Crippen LogP contribution in [0.25, 0.3) is 0 Å². The molecule has 0 unspecified atom stereocenters. The van der Waals surface area contributed by atoms with E-state index in [9.17, 15) is 0 Å². The molecule has 0 aliphatic carbocycles. The number of piperazine rings is 2. The minimum absolute atomic E-state index is 0.453. The first-order valence-electron chi connectivity index (χ1n) is 9.77. The number of hydrogen-bond acceptors (Lipinski definition) is 8. The van der Waals surface area contributed by atoms with E-state index in [1.807, 2.05) is 18.2 Å². The molecule has 29 heavy (non-hydrogen) atoms. The highest BCUT2D eigenvalue weighted by Gasteiger charge is 2.11. The fraction of sp³-hybridized carbons (Fsp3) is 0.500. The normalized spacial score (nSPS) is 15.9. The van der Waals surface area contributed by atoms with Gasteiger partial charge in [0, 0.05) is 64.5 Å². The maximum Gasteiger partial charge on any atom is 0.214 e. The lowest BCUT2D eigenvalue weighted by atomic mass is 10.3. The Morgan fingerprint density at radius 2 is 1.28 bits per heavy atom. The topological polar surface area (TPSA) is 83.6 Å². The van der Waals surface area contributed by atoms with E-state index in [0.29, 0.717) is 16.9 Å². The fourth-order valence-electron chi connectivity index (χ4n) is 2.69. The smallest absolute Gasteiger partial charge is 0.214 e. The van der Waals surface area contributed by atoms with Crippen LogP contribution in [0.5, 0.6) is 11.8 Å². The van der Waals surface area contributed by atoms with Crippen LogP contribution in [0.3, 0.4) is 0 Å². The maximum absolute atomic E-state index is 5.53. The van der Waals surface area contributed by atoms with Gasteiger partial charge in [0.1, 0.15) is 11.0 Å². The van der Waals surface area contributed by atoms with E-state index in [1.165, 1.54) is 0 Å². The Morgan fingerprint density at radius 1 is 0.759 bits per heavy atom. The van der Waals surface area contributed by atoms with Gasteiger partial charge in [0.05, 0.1) is 14.2 Å². The molecule has 0 spiro atoms. The molecule has 0 amide bonds. The lowest BCUT2D eigenvalue weighted by molar-refractivity contribution is 0.397. The van der Waals surface area contributed by atoms with Crippen molar-refractivity contribution in [3.63, 3.8) is 0 Å². The van der Waals surface area contributed by atoms with Crippen molar-refractivity contribution in [2.75, 3.05) is 71.5 Å². The minimum Gasteiger partial charge on any atom is -0.481 e. The van der Waals surface area contributed by atoms with E-state index in [1.54, 1.807) is 32.4 Å². The quantitative estimate of drug-likeness (QED) is 0.640. The molecule has 2 aliphatic heterocycles. The second kappa shape index (κ2) is 13.9. The highest BCUT2D eigenvalue weighted by Crippen LogP contribution is 2.15. The van der Waals surface area contributed by atoms with Crippen molar-refractivity contribution < 1.29 is 9.47 Å². The molecule has 0 radical (unpaired) electrons. The van der Waals surface area contributed by atoms with E-state index >= 15 is 0 Å². The molecule has 2 aliphatic rings. The Labute approximate surface area is 178 Å². The first kappa shape index (κ1) is 23.2. The van der Waals surface area contributed by atoms with E-state index in [-0.39, 0.29) is 0 Å². The SMILES string of the molecule is C1CNCCN1.COc1cccc(Cl)n1.COc1cccc(N2CCNCC2)n1. The van der Waals surface area contributed by atoms with Gasteiger partial charge in [-0.1, -0.05) is 23.7 Å². The number of anilines is 1. The van der Waals surface area contributed by atoms with Gasteiger partial charge >= 0.3 is 0 Å². The summed E-state index contributed by atoms with van der Waals surface area (Å²) in [7, 11) is 3.20. The van der Waals surface area contributed by atoms with Crippen molar-refractivity contribution in [2.45, 2.75) is 0 Å². The Balaban J connectivity index is 0.000000171. The molecule has 2 fully saturated rings. The number of nitrogens with one attached hydrogen (secondary N) is 3. The third-order valence-corrected chi connectivity index (χ3v) is 4.43. The summed E-state index contributed by atoms with van der Waals surface area (Å²) in [6, 6.07) is 11.1. The zero-order valence-electron chi connectivity index (χ0n) is 17.2. The van der Waals surface area contributed by atoms with Gasteiger partial charge in [-0.3, -0.25) is 0 Å². The number of nitrogens with zero attached hydrogens (tertiary/aromatic N) is 3. The summed E-state index contributed by atoms with van der Waals surface area (Å²) in [5, 5.41) is 10.2. The van der Waals surface area contributed by atoms with E-state index in [0.717, 1.165) is 58.2 Å². The largest absolute Gasteiger partial charge is 0.481 e. The first-order chi connectivity index (χ1) is 14.2. The van der Waals surface area contributed by atoms with Gasteiger partial charge in [0.25, 0.3) is 0 Å². The van der Waals surface area contributed by atoms with E-state index in [2.05, 4.69) is 30.8 Å². The lowest BCUT2D eigenvalue weighted by Gasteiger charge is -2.28. The average Bonchev–Trinajstić information content (AvgIpc) is 2.81. The number of halogens is 1. The summed E-state index contributed by atoms with van der Waals surface area (Å²) >= 11 is 5.53. The molecule has 3 N–H and O–H groups in total. The summed E-state index contributed by atoms with van der Waals surface area (Å²) in [6.45, 7) is 8.64. The maximum atomic E-state index is 5.53. The molecule has 2 aromatic rings. The molecule has 4 rings (SSSR count). The van der Waals surface area contributed by atoms with Crippen molar-refractivity contribution in [1.29, 1.82) is 0 Å². The van der Waals surface area contributed by atoms with Crippen molar-refractivity contribution in [2.24, 2.45) is 0 Å². The standard InChI is InChI=1S/C10H15N3O.C6H6ClNO.C4H10N2/c1-14-10-4-2-3-9(12-10)13-7-5-11-6-8-13;1-9-6-4-2-3-5(7)8-6;1-2-6-4-3-5-1/h2-4,11H,5-8H2,1H3;2-4H,1H3;5-6H,1-4H2. The van der Waals surface area contributed by atoms with Crippen LogP contribution >= 0.6 is 11.6 Å². The molecule has 4 heterocycles. The van der Waals surface area contributed by atoms with Crippen LogP contribution < -0.4 is 30.3 Å². The van der Waals surface area contributed by atoms with Crippen LogP contribution in [0.2, 0.25) is 5.15 Å². The fourth-order valence-corrected chi connectivity index (χ4v) is 2.85. The van der Waals surface area contributed by atoms with Crippen molar-refractivity contribution in [3.8, 4) is 11.8 Å². The van der Waals surface area contributed by atoms with E-state index < -0.39 is 0 Å². The summed E-state index contributed by atoms with van der Waals surface area (Å²) in [5.41, 5.74) is 0. The summed E-state index contributed by atoms with van der Waals surface area (Å²) in [5.74, 6) is 2.23. The Morgan fingerprint density at radius 3 is 1.76 bits per heavy atom. The van der Waals surface area contributed by atoms with Crippen LogP contribution in [0.1, 0.15) is 0 Å². The Kier molecular flexibility index (Phi) is 11.1. The summed E-state index contributed by atoms with van der Waals surface area (Å²) in [4.78, 5) is 10.5. The number of pyridine rings is 2. The van der Waals surface area contributed by atoms with Crippen molar-refractivity contribution in [1.82, 2.24) is 25.9 Å². The van der Waals surface area contributed by atoms with Crippen LogP contribution in [0, 0.1) is 0 Å². The summed E-state index contributed by atoms with van der Waals surface area (Å²) < 4.78 is 9.89. The number of hydrogen-bond donors (Lipinski definition) is 3. The van der Waals surface area contributed by atoms with Gasteiger partial charge in [-0.05, 0) is 12.1 Å².